The number of anilines is 2. The molecule has 2 aromatic rings. The molecule has 1 aliphatic heterocycles. The molecule has 15 heteroatoms. The van der Waals surface area contributed by atoms with Gasteiger partial charge in [0, 0.05) is 13.1 Å². The van der Waals surface area contributed by atoms with Crippen molar-refractivity contribution in [3.63, 3.8) is 0 Å². The average molecular weight is 611 g/mol. The van der Waals surface area contributed by atoms with Crippen LogP contribution in [0.15, 0.2) is 6.33 Å². The van der Waals surface area contributed by atoms with Crippen LogP contribution in [0.4, 0.5) is 11.8 Å². The highest BCUT2D eigenvalue weighted by Gasteiger charge is 2.47. The lowest BCUT2D eigenvalue weighted by molar-refractivity contribution is -0.162. The Bertz CT molecular complexity index is 1290. The van der Waals surface area contributed by atoms with Crippen LogP contribution in [-0.4, -0.2) is 70.1 Å². The molecule has 2 N–H and O–H groups in total. The highest BCUT2D eigenvalue weighted by molar-refractivity contribution is 7.53. The summed E-state index contributed by atoms with van der Waals surface area (Å²) in [4.78, 5) is 40.0. The van der Waals surface area contributed by atoms with Gasteiger partial charge in [0.05, 0.1) is 29.3 Å². The van der Waals surface area contributed by atoms with Gasteiger partial charge in [-0.15, -0.1) is 0 Å². The fraction of sp³-hybridized carbons (Fsp3) is 0.741. The van der Waals surface area contributed by atoms with Crippen LogP contribution < -0.4 is 10.6 Å². The molecule has 2 fully saturated rings. The molecule has 0 bridgehead atoms. The Hall–Kier alpha value is -2.80. The van der Waals surface area contributed by atoms with Crippen molar-refractivity contribution < 1.29 is 37.4 Å². The quantitative estimate of drug-likeness (QED) is 0.206. The summed E-state index contributed by atoms with van der Waals surface area (Å²) in [6, 6.07) is 0. The lowest BCUT2D eigenvalue weighted by Gasteiger charge is -2.27. The van der Waals surface area contributed by atoms with Crippen LogP contribution >= 0.6 is 7.60 Å². The summed E-state index contributed by atoms with van der Waals surface area (Å²) in [6.45, 7) is 11.0. The second-order valence-electron chi connectivity index (χ2n) is 12.9. The Kier molecular flexibility index (Phi) is 9.51. The van der Waals surface area contributed by atoms with E-state index in [0.717, 1.165) is 31.7 Å². The van der Waals surface area contributed by atoms with E-state index in [9.17, 15) is 14.2 Å². The summed E-state index contributed by atoms with van der Waals surface area (Å²) in [5.74, 6) is -0.186. The minimum Gasteiger partial charge on any atom is -0.438 e. The van der Waals surface area contributed by atoms with Crippen LogP contribution in [0.25, 0.3) is 11.2 Å². The first kappa shape index (κ1) is 32.1. The van der Waals surface area contributed by atoms with Gasteiger partial charge in [-0.25, -0.2) is 4.98 Å². The second-order valence-corrected chi connectivity index (χ2v) is 14.9. The smallest absolute Gasteiger partial charge is 0.361 e. The number of carbonyl (C=O) groups is 2. The molecular weight excluding hydrogens is 567 g/mol. The zero-order valence-electron chi connectivity index (χ0n) is 25.4. The van der Waals surface area contributed by atoms with Gasteiger partial charge < -0.3 is 29.4 Å². The third kappa shape index (κ3) is 8.18. The van der Waals surface area contributed by atoms with E-state index >= 15 is 0 Å². The van der Waals surface area contributed by atoms with Crippen LogP contribution in [0.2, 0.25) is 0 Å². The molecule has 3 heterocycles. The van der Waals surface area contributed by atoms with Crippen LogP contribution in [-0.2, 0) is 44.0 Å². The van der Waals surface area contributed by atoms with Crippen molar-refractivity contribution >= 4 is 42.5 Å². The standard InChI is InChI=1S/C27H43N6O8P/c1-25(2,3)22(34)37-16-40-42(36,41-17-38-23(35)26(4,5)6)18-39-27(10-11-27)14-33-15-29-19-20(30-24(28)31-21(19)33)32-12-8-7-9-13-32/h15H,7-14,16-18H2,1-6H3,(H2,28,30,31). The van der Waals surface area contributed by atoms with Crippen molar-refractivity contribution in [3.05, 3.63) is 6.33 Å². The van der Waals surface area contributed by atoms with Gasteiger partial charge in [0.1, 0.15) is 6.35 Å². The lowest BCUT2D eigenvalue weighted by Crippen LogP contribution is -2.30. The number of esters is 2. The number of rotatable bonds is 12. The fourth-order valence-electron chi connectivity index (χ4n) is 4.27. The van der Waals surface area contributed by atoms with Gasteiger partial charge in [0.25, 0.3) is 0 Å². The van der Waals surface area contributed by atoms with Gasteiger partial charge >= 0.3 is 19.5 Å². The minimum atomic E-state index is -4.02. The van der Waals surface area contributed by atoms with E-state index in [1.807, 2.05) is 4.57 Å². The van der Waals surface area contributed by atoms with Gasteiger partial charge in [-0.05, 0) is 73.6 Å². The number of fused-ring (bicyclic) bond motifs is 1. The van der Waals surface area contributed by atoms with E-state index in [1.165, 1.54) is 6.42 Å². The summed E-state index contributed by atoms with van der Waals surface area (Å²) in [5.41, 5.74) is 5.11. The van der Waals surface area contributed by atoms with E-state index in [2.05, 4.69) is 19.9 Å². The third-order valence-electron chi connectivity index (χ3n) is 7.02. The number of nitrogens with two attached hydrogens (primary N) is 1. The summed E-state index contributed by atoms with van der Waals surface area (Å²) in [5, 5.41) is 0. The number of aromatic nitrogens is 4. The van der Waals surface area contributed by atoms with Crippen LogP contribution in [0.1, 0.15) is 73.6 Å². The van der Waals surface area contributed by atoms with Crippen molar-refractivity contribution in [1.82, 2.24) is 19.5 Å². The molecule has 1 aliphatic carbocycles. The summed E-state index contributed by atoms with van der Waals surface area (Å²) < 4.78 is 42.6. The summed E-state index contributed by atoms with van der Waals surface area (Å²) >= 11 is 0. The Morgan fingerprint density at radius 2 is 1.52 bits per heavy atom. The van der Waals surface area contributed by atoms with Gasteiger partial charge in [-0.1, -0.05) is 0 Å². The molecule has 42 heavy (non-hydrogen) atoms. The molecule has 234 valence electrons. The SMILES string of the molecule is CC(C)(C)C(=O)OCOP(=O)(COC1(Cn2cnc3c(N4CCCCC4)nc(N)nc32)CC1)OCOC(=O)C(C)(C)C. The lowest BCUT2D eigenvalue weighted by atomic mass is 9.98. The monoisotopic (exact) mass is 610 g/mol. The number of nitrogens with zero attached hydrogens (tertiary/aromatic N) is 5. The van der Waals surface area contributed by atoms with Crippen molar-refractivity contribution in [1.29, 1.82) is 0 Å². The Balaban J connectivity index is 1.44. The molecule has 0 atom stereocenters. The van der Waals surface area contributed by atoms with Gasteiger partial charge in [0.15, 0.2) is 17.0 Å². The number of hydrogen-bond donors (Lipinski definition) is 1. The first-order valence-corrected chi connectivity index (χ1v) is 15.9. The number of imidazole rings is 1. The zero-order chi connectivity index (χ0) is 30.8. The molecule has 14 nitrogen and oxygen atoms in total. The first-order valence-electron chi connectivity index (χ1n) is 14.2. The van der Waals surface area contributed by atoms with Gasteiger partial charge in [-0.2, -0.15) is 9.97 Å². The van der Waals surface area contributed by atoms with Crippen LogP contribution in [0.3, 0.4) is 0 Å². The predicted molar refractivity (Wildman–Crippen MR) is 154 cm³/mol. The molecule has 1 saturated carbocycles. The molecule has 2 aliphatic rings. The first-order chi connectivity index (χ1) is 19.6. The zero-order valence-corrected chi connectivity index (χ0v) is 26.3. The predicted octanol–water partition coefficient (Wildman–Crippen LogP) is 4.23. The van der Waals surface area contributed by atoms with Crippen molar-refractivity contribution in [2.75, 3.05) is 43.7 Å². The number of nitrogen functional groups attached to an aromatic ring is 1. The Morgan fingerprint density at radius 3 is 2.05 bits per heavy atom. The third-order valence-corrected chi connectivity index (χ3v) is 8.46. The maximum Gasteiger partial charge on any atom is 0.361 e. The number of piperidine rings is 1. The fourth-order valence-corrected chi connectivity index (χ4v) is 5.35. The molecule has 0 aromatic carbocycles. The molecular formula is C27H43N6O8P. The second kappa shape index (κ2) is 12.4. The highest BCUT2D eigenvalue weighted by atomic mass is 31.2. The van der Waals surface area contributed by atoms with Crippen LogP contribution in [0.5, 0.6) is 0 Å². The number of hydrogen-bond acceptors (Lipinski definition) is 13. The highest BCUT2D eigenvalue weighted by Crippen LogP contribution is 2.52. The topological polar surface area (TPSA) is 170 Å². The number of carbonyl (C=O) groups excluding carboxylic acids is 2. The van der Waals surface area contributed by atoms with Gasteiger partial charge in [0.2, 0.25) is 19.5 Å². The van der Waals surface area contributed by atoms with E-state index in [4.69, 9.17) is 29.0 Å². The Labute approximate surface area is 246 Å². The molecule has 0 spiro atoms. The maximum absolute atomic E-state index is 13.6. The molecule has 1 saturated heterocycles. The molecule has 4 rings (SSSR count). The Morgan fingerprint density at radius 1 is 0.952 bits per heavy atom. The minimum absolute atomic E-state index is 0.163. The maximum atomic E-state index is 13.6. The normalized spacial score (nSPS) is 17.3. The summed E-state index contributed by atoms with van der Waals surface area (Å²) in [6.07, 6.45) is 5.95. The largest absolute Gasteiger partial charge is 0.438 e. The summed E-state index contributed by atoms with van der Waals surface area (Å²) in [7, 11) is -4.02. The van der Waals surface area contributed by atoms with E-state index in [0.29, 0.717) is 30.6 Å². The number of ether oxygens (including phenoxy) is 3. The van der Waals surface area contributed by atoms with Crippen LogP contribution in [0, 0.1) is 10.8 Å². The average Bonchev–Trinajstić information content (AvgIpc) is 3.58. The molecule has 0 amide bonds. The molecule has 0 unspecified atom stereocenters. The van der Waals surface area contributed by atoms with Crippen molar-refractivity contribution in [2.24, 2.45) is 10.8 Å². The van der Waals surface area contributed by atoms with E-state index in [1.54, 1.807) is 47.9 Å². The van der Waals surface area contributed by atoms with E-state index in [-0.39, 0.29) is 5.95 Å². The molecule has 0 radical (unpaired) electrons. The van der Waals surface area contributed by atoms with Crippen molar-refractivity contribution in [2.45, 2.75) is 85.8 Å². The van der Waals surface area contributed by atoms with E-state index < -0.39 is 55.9 Å². The molecule has 2 aromatic heterocycles. The van der Waals surface area contributed by atoms with Gasteiger partial charge in [-0.3, -0.25) is 23.2 Å². The van der Waals surface area contributed by atoms with Crippen molar-refractivity contribution in [3.8, 4) is 0 Å².